The summed E-state index contributed by atoms with van der Waals surface area (Å²) in [5, 5.41) is 0. The van der Waals surface area contributed by atoms with Crippen molar-refractivity contribution < 1.29 is 36.6 Å². The predicted octanol–water partition coefficient (Wildman–Crippen LogP) is 4.42. The van der Waals surface area contributed by atoms with Crippen LogP contribution < -0.4 is 29.1 Å². The third-order valence-electron chi connectivity index (χ3n) is 7.36. The number of rotatable bonds is 6. The fraction of sp³-hybridized carbons (Fsp3) is 0.233. The molecule has 4 aromatic rings. The average Bonchev–Trinajstić information content (AvgIpc) is 3.24. The lowest BCUT2D eigenvalue weighted by Crippen LogP contribution is -2.58. The number of aromatic nitrogens is 1. The Bertz CT molecular complexity index is 1930. The van der Waals surface area contributed by atoms with Crippen LogP contribution in [0.1, 0.15) is 36.6 Å². The number of hydrogen-bond donors (Lipinski definition) is 0. The van der Waals surface area contributed by atoms with Crippen molar-refractivity contribution in [3.8, 4) is 17.2 Å². The van der Waals surface area contributed by atoms with Crippen LogP contribution in [0.25, 0.3) is 6.08 Å². The van der Waals surface area contributed by atoms with Gasteiger partial charge in [0, 0.05) is 17.2 Å². The van der Waals surface area contributed by atoms with Crippen molar-refractivity contribution in [2.75, 3.05) is 7.11 Å². The Balaban J connectivity index is 1.43. The normalized spacial score (nSPS) is 20.7. The summed E-state index contributed by atoms with van der Waals surface area (Å²) in [6.45, 7) is 2.69. The van der Waals surface area contributed by atoms with Crippen LogP contribution in [-0.2, 0) is 11.4 Å². The summed E-state index contributed by atoms with van der Waals surface area (Å²) < 4.78 is 74.0. The SMILES string of the molecule is COc1ccc(/C=c2/sc3n(c2=O)[C@H]2c4ccccc4O[C@](C)(N=3)[C@H]2C(C)=O)cc1COc1c(F)c(F)cc(F)c1F. The van der Waals surface area contributed by atoms with E-state index >= 15 is 0 Å². The molecule has 12 heteroatoms. The molecule has 6 rings (SSSR count). The number of fused-ring (bicyclic) bond motifs is 6. The van der Waals surface area contributed by atoms with E-state index < -0.39 is 53.3 Å². The zero-order valence-corrected chi connectivity index (χ0v) is 23.2. The van der Waals surface area contributed by atoms with E-state index in [0.29, 0.717) is 31.8 Å². The Kier molecular flexibility index (Phi) is 6.68. The molecule has 0 radical (unpaired) electrons. The molecule has 216 valence electrons. The van der Waals surface area contributed by atoms with E-state index in [1.807, 2.05) is 12.1 Å². The summed E-state index contributed by atoms with van der Waals surface area (Å²) in [4.78, 5) is 31.7. The lowest BCUT2D eigenvalue weighted by atomic mass is 9.79. The van der Waals surface area contributed by atoms with E-state index in [0.717, 1.165) is 11.3 Å². The number of carbonyl (C=O) groups excluding carboxylic acids is 1. The van der Waals surface area contributed by atoms with Crippen molar-refractivity contribution in [3.05, 3.63) is 108 Å². The van der Waals surface area contributed by atoms with Gasteiger partial charge in [-0.1, -0.05) is 35.6 Å². The first kappa shape index (κ1) is 27.7. The molecule has 42 heavy (non-hydrogen) atoms. The van der Waals surface area contributed by atoms with Crippen molar-refractivity contribution >= 4 is 23.2 Å². The topological polar surface area (TPSA) is 79.1 Å². The van der Waals surface area contributed by atoms with E-state index in [2.05, 4.69) is 0 Å². The third kappa shape index (κ3) is 4.37. The number of nitrogens with zero attached hydrogens (tertiary/aromatic N) is 2. The van der Waals surface area contributed by atoms with Crippen molar-refractivity contribution in [2.24, 2.45) is 10.9 Å². The molecule has 2 aliphatic heterocycles. The van der Waals surface area contributed by atoms with Gasteiger partial charge in [0.15, 0.2) is 22.2 Å². The molecule has 0 saturated heterocycles. The minimum absolute atomic E-state index is 0.0939. The highest BCUT2D eigenvalue weighted by molar-refractivity contribution is 7.07. The fourth-order valence-corrected chi connectivity index (χ4v) is 6.64. The maximum Gasteiger partial charge on any atom is 0.270 e. The second-order valence-electron chi connectivity index (χ2n) is 10.1. The largest absolute Gasteiger partial charge is 0.496 e. The molecule has 2 aliphatic rings. The predicted molar refractivity (Wildman–Crippen MR) is 144 cm³/mol. The second-order valence-corrected chi connectivity index (χ2v) is 11.1. The maximum atomic E-state index is 14.1. The number of thiazole rings is 1. The zero-order valence-electron chi connectivity index (χ0n) is 22.4. The molecule has 3 atom stereocenters. The van der Waals surface area contributed by atoms with Crippen molar-refractivity contribution in [2.45, 2.75) is 32.2 Å². The maximum absolute atomic E-state index is 14.1. The van der Waals surface area contributed by atoms with Gasteiger partial charge in [-0.05, 0) is 43.7 Å². The number of benzene rings is 3. The standard InChI is InChI=1S/C30H22F4N2O5S/c1-14(37)23-26-17-6-4-5-7-21(17)41-30(23,2)35-29-36(26)28(38)22(42-29)11-15-8-9-20(39-3)16(10-15)13-40-27-24(33)18(31)12-19(32)25(27)34/h4-12,23,26H,13H2,1-3H3/b22-11+/t23-,26-,30-/m0/s1. The Hall–Kier alpha value is -4.45. The fourth-order valence-electron chi connectivity index (χ4n) is 5.54. The Labute approximate surface area is 239 Å². The van der Waals surface area contributed by atoms with Gasteiger partial charge in [-0.15, -0.1) is 0 Å². The number of methoxy groups -OCH3 is 1. The molecule has 0 aliphatic carbocycles. The average molecular weight is 599 g/mol. The molecule has 0 saturated carbocycles. The summed E-state index contributed by atoms with van der Waals surface area (Å²) in [6.07, 6.45) is 1.60. The quantitative estimate of drug-likeness (QED) is 0.243. The molecule has 3 aromatic carbocycles. The Morgan fingerprint density at radius 3 is 2.52 bits per heavy atom. The van der Waals surface area contributed by atoms with Crippen LogP contribution in [0.3, 0.4) is 0 Å². The molecular weight excluding hydrogens is 576 g/mol. The van der Waals surface area contributed by atoms with Gasteiger partial charge in [0.1, 0.15) is 29.8 Å². The molecule has 0 fully saturated rings. The molecule has 1 aromatic heterocycles. The number of Topliss-reactive ketones (excluding diaryl/α,β-unsaturated/α-hetero) is 1. The molecule has 0 amide bonds. The van der Waals surface area contributed by atoms with Gasteiger partial charge in [-0.2, -0.15) is 8.78 Å². The number of para-hydroxylation sites is 1. The van der Waals surface area contributed by atoms with E-state index in [1.165, 1.54) is 18.6 Å². The van der Waals surface area contributed by atoms with Crippen LogP contribution in [-0.4, -0.2) is 23.2 Å². The number of hydrogen-bond acceptors (Lipinski definition) is 7. The Morgan fingerprint density at radius 2 is 1.83 bits per heavy atom. The van der Waals surface area contributed by atoms with Gasteiger partial charge in [0.05, 0.1) is 17.7 Å². The zero-order chi connectivity index (χ0) is 29.9. The van der Waals surface area contributed by atoms with Gasteiger partial charge in [0.2, 0.25) is 17.4 Å². The number of halogens is 4. The highest BCUT2D eigenvalue weighted by Crippen LogP contribution is 2.47. The molecule has 2 bridgehead atoms. The van der Waals surface area contributed by atoms with Crippen LogP contribution in [0.5, 0.6) is 17.2 Å². The molecule has 7 nitrogen and oxygen atoms in total. The van der Waals surface area contributed by atoms with Crippen LogP contribution in [0.15, 0.2) is 58.3 Å². The second kappa shape index (κ2) is 10.1. The molecule has 0 N–H and O–H groups in total. The van der Waals surface area contributed by atoms with Crippen molar-refractivity contribution in [1.82, 2.24) is 4.57 Å². The van der Waals surface area contributed by atoms with Gasteiger partial charge in [-0.25, -0.2) is 13.8 Å². The van der Waals surface area contributed by atoms with Crippen molar-refractivity contribution in [1.29, 1.82) is 0 Å². The molecule has 0 unspecified atom stereocenters. The van der Waals surface area contributed by atoms with Gasteiger partial charge in [0.25, 0.3) is 5.56 Å². The first-order chi connectivity index (χ1) is 20.0. The first-order valence-corrected chi connectivity index (χ1v) is 13.6. The summed E-state index contributed by atoms with van der Waals surface area (Å²) in [6, 6.07) is 11.5. The van der Waals surface area contributed by atoms with E-state index in [9.17, 15) is 27.2 Å². The van der Waals surface area contributed by atoms with E-state index in [1.54, 1.807) is 43.3 Å². The van der Waals surface area contributed by atoms with Crippen LogP contribution in [0.2, 0.25) is 0 Å². The summed E-state index contributed by atoms with van der Waals surface area (Å²) >= 11 is 1.13. The first-order valence-electron chi connectivity index (χ1n) is 12.8. The monoisotopic (exact) mass is 598 g/mol. The minimum atomic E-state index is -1.66. The highest BCUT2D eigenvalue weighted by Gasteiger charge is 2.53. The van der Waals surface area contributed by atoms with Crippen LogP contribution >= 0.6 is 11.3 Å². The molecule has 3 heterocycles. The highest BCUT2D eigenvalue weighted by atomic mass is 32.1. The van der Waals surface area contributed by atoms with E-state index in [-0.39, 0.29) is 23.2 Å². The van der Waals surface area contributed by atoms with Crippen molar-refractivity contribution in [3.63, 3.8) is 0 Å². The number of ether oxygens (including phenoxy) is 3. The third-order valence-corrected chi connectivity index (χ3v) is 8.35. The number of ketones is 1. The number of carbonyl (C=O) groups is 1. The lowest BCUT2D eigenvalue weighted by molar-refractivity contribution is -0.132. The smallest absolute Gasteiger partial charge is 0.270 e. The van der Waals surface area contributed by atoms with Crippen LogP contribution in [0, 0.1) is 29.2 Å². The summed E-state index contributed by atoms with van der Waals surface area (Å²) in [5.74, 6) is -7.77. The summed E-state index contributed by atoms with van der Waals surface area (Å²) in [5.41, 5.74) is -0.0591. The molecule has 0 spiro atoms. The summed E-state index contributed by atoms with van der Waals surface area (Å²) in [7, 11) is 1.37. The Morgan fingerprint density at radius 1 is 1.12 bits per heavy atom. The molecular formula is C30H22F4N2O5S. The van der Waals surface area contributed by atoms with Gasteiger partial charge >= 0.3 is 0 Å². The van der Waals surface area contributed by atoms with Gasteiger partial charge in [-0.3, -0.25) is 14.2 Å². The van der Waals surface area contributed by atoms with E-state index in [4.69, 9.17) is 19.2 Å². The van der Waals surface area contributed by atoms with Gasteiger partial charge < -0.3 is 14.2 Å². The minimum Gasteiger partial charge on any atom is -0.496 e. The van der Waals surface area contributed by atoms with Crippen LogP contribution in [0.4, 0.5) is 17.6 Å². The lowest BCUT2D eigenvalue weighted by Gasteiger charge is -2.45.